The number of hydrogen-bond donors (Lipinski definition) is 0. The van der Waals surface area contributed by atoms with E-state index in [9.17, 15) is 9.59 Å². The summed E-state index contributed by atoms with van der Waals surface area (Å²) in [6.07, 6.45) is 6.15. The molecule has 0 heterocycles. The molecular formula is C17H23NO4. The lowest BCUT2D eigenvalue weighted by Gasteiger charge is -2.11. The predicted molar refractivity (Wildman–Crippen MR) is 83.6 cm³/mol. The number of nitrogens with zero attached hydrogens (tertiary/aromatic N) is 1. The zero-order chi connectivity index (χ0) is 16.2. The monoisotopic (exact) mass is 305 g/mol. The third-order valence-electron chi connectivity index (χ3n) is 3.33. The van der Waals surface area contributed by atoms with Crippen LogP contribution in [0.25, 0.3) is 0 Å². The number of benzene rings is 1. The Hall–Kier alpha value is -2.13. The van der Waals surface area contributed by atoms with Gasteiger partial charge in [-0.2, -0.15) is 4.99 Å². The van der Waals surface area contributed by atoms with Crippen LogP contribution in [0.1, 0.15) is 50.6 Å². The fourth-order valence-electron chi connectivity index (χ4n) is 2.05. The Kier molecular flexibility index (Phi) is 8.61. The van der Waals surface area contributed by atoms with Crippen molar-refractivity contribution < 1.29 is 19.1 Å². The molecule has 0 aromatic heterocycles. The summed E-state index contributed by atoms with van der Waals surface area (Å²) in [5, 5.41) is 0. The van der Waals surface area contributed by atoms with Crippen LogP contribution in [0.4, 0.5) is 0 Å². The Labute approximate surface area is 131 Å². The average molecular weight is 305 g/mol. The van der Waals surface area contributed by atoms with E-state index >= 15 is 0 Å². The molecule has 0 saturated heterocycles. The third kappa shape index (κ3) is 6.55. The van der Waals surface area contributed by atoms with Gasteiger partial charge in [-0.3, -0.25) is 4.79 Å². The molecule has 5 nitrogen and oxygen atoms in total. The minimum atomic E-state index is -0.566. The zero-order valence-corrected chi connectivity index (χ0v) is 13.2. The fourth-order valence-corrected chi connectivity index (χ4v) is 2.05. The van der Waals surface area contributed by atoms with E-state index in [4.69, 9.17) is 4.74 Å². The van der Waals surface area contributed by atoms with Gasteiger partial charge < -0.3 is 9.47 Å². The lowest BCUT2D eigenvalue weighted by atomic mass is 10.0. The van der Waals surface area contributed by atoms with Crippen LogP contribution in [0.15, 0.2) is 29.3 Å². The molecule has 0 spiro atoms. The lowest BCUT2D eigenvalue weighted by Crippen LogP contribution is -2.07. The molecule has 1 rings (SSSR count). The van der Waals surface area contributed by atoms with E-state index in [-0.39, 0.29) is 6.42 Å². The number of methoxy groups -OCH3 is 1. The van der Waals surface area contributed by atoms with Gasteiger partial charge in [-0.15, -0.1) is 0 Å². The van der Waals surface area contributed by atoms with E-state index in [2.05, 4.69) is 16.7 Å². The van der Waals surface area contributed by atoms with Gasteiger partial charge in [0.05, 0.1) is 26.2 Å². The number of esters is 1. The molecule has 1 aromatic carbocycles. The number of ether oxygens (including phenoxy) is 2. The zero-order valence-electron chi connectivity index (χ0n) is 13.2. The van der Waals surface area contributed by atoms with Crippen molar-refractivity contribution in [2.75, 3.05) is 13.7 Å². The highest BCUT2D eigenvalue weighted by Crippen LogP contribution is 2.24. The number of aliphatic imine (C=N–C) groups is 1. The van der Waals surface area contributed by atoms with E-state index in [0.29, 0.717) is 6.61 Å². The Morgan fingerprint density at radius 1 is 1.23 bits per heavy atom. The highest BCUT2D eigenvalue weighted by Gasteiger charge is 2.15. The number of rotatable bonds is 10. The van der Waals surface area contributed by atoms with Crippen molar-refractivity contribution in [2.45, 2.75) is 45.1 Å². The Balaban J connectivity index is 2.57. The van der Waals surface area contributed by atoms with E-state index in [1.807, 2.05) is 12.1 Å². The first-order chi connectivity index (χ1) is 10.7. The van der Waals surface area contributed by atoms with Crippen molar-refractivity contribution in [1.82, 2.24) is 0 Å². The SMILES string of the molecule is CCCCCCOc1ccc(C(CC(=O)OC)N=C=O)cc1. The Bertz CT molecular complexity index is 492. The molecule has 0 aliphatic carbocycles. The second-order valence-electron chi connectivity index (χ2n) is 4.99. The van der Waals surface area contributed by atoms with Crippen molar-refractivity contribution in [3.8, 4) is 5.75 Å². The van der Waals surface area contributed by atoms with Gasteiger partial charge in [0, 0.05) is 0 Å². The summed E-state index contributed by atoms with van der Waals surface area (Å²) in [6, 6.07) is 6.68. The molecule has 0 fully saturated rings. The van der Waals surface area contributed by atoms with E-state index in [1.165, 1.54) is 32.5 Å². The largest absolute Gasteiger partial charge is 0.494 e. The van der Waals surface area contributed by atoms with E-state index < -0.39 is 12.0 Å². The molecule has 0 aliphatic heterocycles. The summed E-state index contributed by atoms with van der Waals surface area (Å²) in [7, 11) is 1.31. The number of unbranched alkanes of at least 4 members (excludes halogenated alkanes) is 3. The minimum Gasteiger partial charge on any atom is -0.494 e. The smallest absolute Gasteiger partial charge is 0.308 e. The topological polar surface area (TPSA) is 65.0 Å². The average Bonchev–Trinajstić information content (AvgIpc) is 2.54. The van der Waals surface area contributed by atoms with Crippen molar-refractivity contribution in [3.63, 3.8) is 0 Å². The molecule has 0 saturated carbocycles. The van der Waals surface area contributed by atoms with Crippen molar-refractivity contribution in [3.05, 3.63) is 29.8 Å². The maximum absolute atomic E-state index is 11.3. The molecule has 0 amide bonds. The van der Waals surface area contributed by atoms with Gasteiger partial charge in [-0.05, 0) is 24.1 Å². The van der Waals surface area contributed by atoms with Gasteiger partial charge >= 0.3 is 5.97 Å². The minimum absolute atomic E-state index is 0.0168. The first kappa shape index (κ1) is 17.9. The van der Waals surface area contributed by atoms with Crippen LogP contribution < -0.4 is 4.74 Å². The fraction of sp³-hybridized carbons (Fsp3) is 0.529. The summed E-state index contributed by atoms with van der Waals surface area (Å²) in [6.45, 7) is 2.86. The van der Waals surface area contributed by atoms with Crippen LogP contribution in [0, 0.1) is 0 Å². The number of isocyanates is 1. The molecule has 0 bridgehead atoms. The predicted octanol–water partition coefficient (Wildman–Crippen LogP) is 3.59. The van der Waals surface area contributed by atoms with Crippen LogP contribution >= 0.6 is 0 Å². The van der Waals surface area contributed by atoms with Gasteiger partial charge in [0.1, 0.15) is 5.75 Å². The molecule has 5 heteroatoms. The number of carbonyl (C=O) groups is 1. The molecule has 120 valence electrons. The molecular weight excluding hydrogens is 282 g/mol. The summed E-state index contributed by atoms with van der Waals surface area (Å²) in [5.74, 6) is 0.354. The highest BCUT2D eigenvalue weighted by molar-refractivity contribution is 5.70. The molecule has 1 aromatic rings. The van der Waals surface area contributed by atoms with Crippen LogP contribution in [0.2, 0.25) is 0 Å². The highest BCUT2D eigenvalue weighted by atomic mass is 16.5. The van der Waals surface area contributed by atoms with E-state index in [1.54, 1.807) is 12.1 Å². The van der Waals surface area contributed by atoms with Crippen molar-refractivity contribution in [1.29, 1.82) is 0 Å². The number of carbonyl (C=O) groups excluding carboxylic acids is 2. The van der Waals surface area contributed by atoms with Gasteiger partial charge in [0.15, 0.2) is 0 Å². The molecule has 0 aliphatic rings. The van der Waals surface area contributed by atoms with Gasteiger partial charge in [-0.1, -0.05) is 38.3 Å². The van der Waals surface area contributed by atoms with Crippen molar-refractivity contribution in [2.24, 2.45) is 4.99 Å². The van der Waals surface area contributed by atoms with Crippen LogP contribution in [-0.4, -0.2) is 25.8 Å². The molecule has 22 heavy (non-hydrogen) atoms. The van der Waals surface area contributed by atoms with Crippen LogP contribution in [-0.2, 0) is 14.3 Å². The Morgan fingerprint density at radius 3 is 2.55 bits per heavy atom. The van der Waals surface area contributed by atoms with Crippen LogP contribution in [0.3, 0.4) is 0 Å². The molecule has 1 atom stereocenters. The quantitative estimate of drug-likeness (QED) is 0.287. The molecule has 0 radical (unpaired) electrons. The summed E-state index contributed by atoms with van der Waals surface area (Å²) in [5.41, 5.74) is 0.757. The first-order valence-corrected chi connectivity index (χ1v) is 7.57. The second-order valence-corrected chi connectivity index (χ2v) is 4.99. The van der Waals surface area contributed by atoms with Gasteiger partial charge in [0.25, 0.3) is 0 Å². The molecule has 0 N–H and O–H groups in total. The standard InChI is InChI=1S/C17H23NO4/c1-3-4-5-6-11-22-15-9-7-14(8-10-15)16(18-13-19)12-17(20)21-2/h7-10,16H,3-6,11-12H2,1-2H3. The first-order valence-electron chi connectivity index (χ1n) is 7.57. The summed E-state index contributed by atoms with van der Waals surface area (Å²) in [4.78, 5) is 25.5. The lowest BCUT2D eigenvalue weighted by molar-refractivity contribution is -0.141. The van der Waals surface area contributed by atoms with Crippen LogP contribution in [0.5, 0.6) is 5.75 Å². The maximum atomic E-state index is 11.3. The van der Waals surface area contributed by atoms with Gasteiger partial charge in [-0.25, -0.2) is 4.79 Å². The molecule has 1 unspecified atom stereocenters. The summed E-state index contributed by atoms with van der Waals surface area (Å²) >= 11 is 0. The summed E-state index contributed by atoms with van der Waals surface area (Å²) < 4.78 is 10.3. The van der Waals surface area contributed by atoms with E-state index in [0.717, 1.165) is 17.7 Å². The second kappa shape index (κ2) is 10.6. The number of hydrogen-bond acceptors (Lipinski definition) is 5. The van der Waals surface area contributed by atoms with Crippen molar-refractivity contribution >= 4 is 12.0 Å². The Morgan fingerprint density at radius 2 is 1.95 bits per heavy atom. The van der Waals surface area contributed by atoms with Gasteiger partial charge in [0.2, 0.25) is 6.08 Å². The maximum Gasteiger partial charge on any atom is 0.308 e. The normalized spacial score (nSPS) is 11.4. The third-order valence-corrected chi connectivity index (χ3v) is 3.33.